The minimum Gasteiger partial charge on any atom is -0.356 e. The van der Waals surface area contributed by atoms with Gasteiger partial charge in [0.15, 0.2) is 0 Å². The Balaban J connectivity index is 2.43. The first-order valence-electron chi connectivity index (χ1n) is 6.95. The first kappa shape index (κ1) is 17.2. The third-order valence-electron chi connectivity index (χ3n) is 3.27. The maximum atomic E-state index is 12.0. The highest BCUT2D eigenvalue weighted by Crippen LogP contribution is 2.20. The Morgan fingerprint density at radius 2 is 2.10 bits per heavy atom. The maximum absolute atomic E-state index is 12.0. The molecular formula is C14H25BrN4O. The molecule has 0 aromatic carbocycles. The molecule has 1 amide bonds. The van der Waals surface area contributed by atoms with Crippen molar-refractivity contribution in [3.05, 3.63) is 15.9 Å². The summed E-state index contributed by atoms with van der Waals surface area (Å²) < 4.78 is 2.92. The molecule has 0 radical (unpaired) electrons. The molecule has 1 rings (SSSR count). The van der Waals surface area contributed by atoms with Gasteiger partial charge < -0.3 is 10.2 Å². The minimum atomic E-state index is -0.0840. The maximum Gasteiger partial charge on any atom is 0.224 e. The highest BCUT2D eigenvalue weighted by molar-refractivity contribution is 9.10. The molecule has 0 fully saturated rings. The summed E-state index contributed by atoms with van der Waals surface area (Å²) in [6.45, 7) is 8.22. The average Bonchev–Trinajstić information content (AvgIpc) is 2.61. The van der Waals surface area contributed by atoms with Crippen LogP contribution in [0.5, 0.6) is 0 Å². The van der Waals surface area contributed by atoms with Gasteiger partial charge >= 0.3 is 0 Å². The Bertz CT molecular complexity index is 456. The van der Waals surface area contributed by atoms with Gasteiger partial charge in [0.25, 0.3) is 0 Å². The molecule has 0 spiro atoms. The number of aryl methyl sites for hydroxylation is 1. The molecule has 0 aliphatic rings. The Labute approximate surface area is 129 Å². The number of nitrogens with one attached hydrogen (secondary N) is 1. The van der Waals surface area contributed by atoms with Gasteiger partial charge in [0, 0.05) is 12.2 Å². The van der Waals surface area contributed by atoms with Gasteiger partial charge in [-0.3, -0.25) is 9.48 Å². The number of hydrogen-bond acceptors (Lipinski definition) is 3. The standard InChI is InChI=1S/C14H25BrN4O/c1-10(14(20)16-7-6-8-18(4)5)9-19-12(3)13(15)11(2)17-19/h10H,6-9H2,1-5H3,(H,16,20). The SMILES string of the molecule is Cc1nn(CC(C)C(=O)NCCCN(C)C)c(C)c1Br. The lowest BCUT2D eigenvalue weighted by atomic mass is 10.1. The van der Waals surface area contributed by atoms with Crippen LogP contribution in [0.3, 0.4) is 0 Å². The molecule has 1 N–H and O–H groups in total. The van der Waals surface area contributed by atoms with Crippen LogP contribution in [0.15, 0.2) is 4.47 Å². The van der Waals surface area contributed by atoms with E-state index in [0.29, 0.717) is 6.54 Å². The van der Waals surface area contributed by atoms with E-state index in [-0.39, 0.29) is 11.8 Å². The zero-order valence-electron chi connectivity index (χ0n) is 13.0. The molecule has 0 saturated heterocycles. The highest BCUT2D eigenvalue weighted by Gasteiger charge is 2.16. The molecule has 1 heterocycles. The number of aromatic nitrogens is 2. The van der Waals surface area contributed by atoms with Gasteiger partial charge in [0.2, 0.25) is 5.91 Å². The van der Waals surface area contributed by atoms with Crippen molar-refractivity contribution in [2.24, 2.45) is 5.92 Å². The van der Waals surface area contributed by atoms with Crippen molar-refractivity contribution in [3.8, 4) is 0 Å². The van der Waals surface area contributed by atoms with Gasteiger partial charge in [-0.2, -0.15) is 5.10 Å². The number of amides is 1. The summed E-state index contributed by atoms with van der Waals surface area (Å²) in [5.41, 5.74) is 2.02. The summed E-state index contributed by atoms with van der Waals surface area (Å²) in [6, 6.07) is 0. The second-order valence-corrected chi connectivity index (χ2v) is 6.31. The predicted octanol–water partition coefficient (Wildman–Crippen LogP) is 1.97. The molecular weight excluding hydrogens is 320 g/mol. The van der Waals surface area contributed by atoms with E-state index in [1.165, 1.54) is 0 Å². The summed E-state index contributed by atoms with van der Waals surface area (Å²) >= 11 is 3.50. The summed E-state index contributed by atoms with van der Waals surface area (Å²) in [6.07, 6.45) is 0.969. The highest BCUT2D eigenvalue weighted by atomic mass is 79.9. The van der Waals surface area contributed by atoms with Crippen LogP contribution in [-0.4, -0.2) is 47.8 Å². The fourth-order valence-electron chi connectivity index (χ4n) is 1.98. The summed E-state index contributed by atoms with van der Waals surface area (Å²) in [7, 11) is 4.07. The average molecular weight is 345 g/mol. The molecule has 1 atom stereocenters. The Morgan fingerprint density at radius 3 is 2.60 bits per heavy atom. The fourth-order valence-corrected chi connectivity index (χ4v) is 2.26. The molecule has 1 unspecified atom stereocenters. The molecule has 1 aromatic heterocycles. The first-order valence-corrected chi connectivity index (χ1v) is 7.74. The molecule has 114 valence electrons. The van der Waals surface area contributed by atoms with E-state index >= 15 is 0 Å². The molecule has 20 heavy (non-hydrogen) atoms. The number of carbonyl (C=O) groups is 1. The minimum absolute atomic E-state index is 0.0840. The van der Waals surface area contributed by atoms with Crippen LogP contribution in [0.1, 0.15) is 24.7 Å². The molecule has 0 bridgehead atoms. The van der Waals surface area contributed by atoms with Crippen LogP contribution in [0.25, 0.3) is 0 Å². The number of hydrogen-bond donors (Lipinski definition) is 1. The Hall–Kier alpha value is -0.880. The quantitative estimate of drug-likeness (QED) is 0.769. The van der Waals surface area contributed by atoms with Crippen molar-refractivity contribution in [2.45, 2.75) is 33.7 Å². The van der Waals surface area contributed by atoms with Crippen molar-refractivity contribution in [1.82, 2.24) is 20.0 Å². The zero-order chi connectivity index (χ0) is 15.3. The summed E-state index contributed by atoms with van der Waals surface area (Å²) in [5.74, 6) is 0.00619. The second-order valence-electron chi connectivity index (χ2n) is 5.52. The van der Waals surface area contributed by atoms with Crippen LogP contribution >= 0.6 is 15.9 Å². The van der Waals surface area contributed by atoms with Gasteiger partial charge in [-0.25, -0.2) is 0 Å². The van der Waals surface area contributed by atoms with Crippen LogP contribution in [0.2, 0.25) is 0 Å². The molecule has 5 nitrogen and oxygen atoms in total. The van der Waals surface area contributed by atoms with E-state index in [0.717, 1.165) is 35.4 Å². The zero-order valence-corrected chi connectivity index (χ0v) is 14.6. The van der Waals surface area contributed by atoms with Gasteiger partial charge in [-0.1, -0.05) is 6.92 Å². The first-order chi connectivity index (χ1) is 9.32. The van der Waals surface area contributed by atoms with Crippen molar-refractivity contribution in [1.29, 1.82) is 0 Å². The predicted molar refractivity (Wildman–Crippen MR) is 84.7 cm³/mol. The lowest BCUT2D eigenvalue weighted by molar-refractivity contribution is -0.124. The number of rotatable bonds is 7. The van der Waals surface area contributed by atoms with E-state index in [9.17, 15) is 4.79 Å². The molecule has 0 saturated carbocycles. The Morgan fingerprint density at radius 1 is 1.45 bits per heavy atom. The largest absolute Gasteiger partial charge is 0.356 e. The van der Waals surface area contributed by atoms with Crippen LogP contribution in [0.4, 0.5) is 0 Å². The van der Waals surface area contributed by atoms with Gasteiger partial charge in [0.1, 0.15) is 0 Å². The molecule has 0 aliphatic carbocycles. The van der Waals surface area contributed by atoms with Crippen molar-refractivity contribution >= 4 is 21.8 Å². The smallest absolute Gasteiger partial charge is 0.224 e. The van der Waals surface area contributed by atoms with Crippen LogP contribution in [0, 0.1) is 19.8 Å². The molecule has 1 aromatic rings. The van der Waals surface area contributed by atoms with Crippen molar-refractivity contribution < 1.29 is 4.79 Å². The van der Waals surface area contributed by atoms with Gasteiger partial charge in [-0.05, 0) is 56.8 Å². The number of carbonyl (C=O) groups excluding carboxylic acids is 1. The third kappa shape index (κ3) is 4.90. The van der Waals surface area contributed by atoms with Crippen molar-refractivity contribution in [3.63, 3.8) is 0 Å². The van der Waals surface area contributed by atoms with Crippen LogP contribution < -0.4 is 5.32 Å². The number of nitrogens with zero attached hydrogens (tertiary/aromatic N) is 3. The van der Waals surface area contributed by atoms with E-state index < -0.39 is 0 Å². The lowest BCUT2D eigenvalue weighted by Gasteiger charge is -2.14. The van der Waals surface area contributed by atoms with Crippen molar-refractivity contribution in [2.75, 3.05) is 27.2 Å². The lowest BCUT2D eigenvalue weighted by Crippen LogP contribution is -2.33. The summed E-state index contributed by atoms with van der Waals surface area (Å²) in [4.78, 5) is 14.1. The third-order valence-corrected chi connectivity index (χ3v) is 4.42. The van der Waals surface area contributed by atoms with E-state index in [1.807, 2.05) is 39.5 Å². The molecule has 6 heteroatoms. The van der Waals surface area contributed by atoms with Crippen LogP contribution in [-0.2, 0) is 11.3 Å². The summed E-state index contributed by atoms with van der Waals surface area (Å²) in [5, 5.41) is 7.42. The van der Waals surface area contributed by atoms with Gasteiger partial charge in [0.05, 0.1) is 22.6 Å². The fraction of sp³-hybridized carbons (Fsp3) is 0.714. The molecule has 0 aliphatic heterocycles. The Kier molecular flexibility index (Phi) is 6.68. The second kappa shape index (κ2) is 7.78. The monoisotopic (exact) mass is 344 g/mol. The van der Waals surface area contributed by atoms with E-state index in [1.54, 1.807) is 0 Å². The number of halogens is 1. The normalized spacial score (nSPS) is 12.8. The topological polar surface area (TPSA) is 50.2 Å². The van der Waals surface area contributed by atoms with E-state index in [2.05, 4.69) is 31.2 Å². The van der Waals surface area contributed by atoms with Gasteiger partial charge in [-0.15, -0.1) is 0 Å². The van der Waals surface area contributed by atoms with E-state index in [4.69, 9.17) is 0 Å².